The van der Waals surface area contributed by atoms with E-state index in [1.165, 1.54) is 5.56 Å². The van der Waals surface area contributed by atoms with Crippen molar-refractivity contribution in [2.45, 2.75) is 26.7 Å². The number of fused-ring (bicyclic) bond motifs is 1. The van der Waals surface area contributed by atoms with Gasteiger partial charge in [-0.15, -0.1) is 0 Å². The highest BCUT2D eigenvalue weighted by Gasteiger charge is 2.48. The van der Waals surface area contributed by atoms with Crippen LogP contribution in [0, 0.1) is 11.3 Å². The molecule has 1 fully saturated rings. The Hall–Kier alpha value is -1.84. The molecule has 1 saturated heterocycles. The number of hydrogen-bond acceptors (Lipinski definition) is 2. The largest absolute Gasteiger partial charge is 0.341 e. The smallest absolute Gasteiger partial charge is 0.232 e. The van der Waals surface area contributed by atoms with Crippen molar-refractivity contribution < 1.29 is 9.59 Å². The molecule has 1 aromatic carbocycles. The molecule has 1 atom stereocenters. The number of carbonyl (C=O) groups is 2. The highest BCUT2D eigenvalue weighted by atomic mass is 16.2. The van der Waals surface area contributed by atoms with Crippen molar-refractivity contribution in [3.63, 3.8) is 0 Å². The van der Waals surface area contributed by atoms with E-state index in [1.54, 1.807) is 0 Å². The number of likely N-dealkylation sites (tertiary alicyclic amines) is 1. The number of nitrogens with one attached hydrogen (secondary N) is 1. The maximum Gasteiger partial charge on any atom is 0.232 e. The molecular weight excluding hydrogens is 252 g/mol. The van der Waals surface area contributed by atoms with Gasteiger partial charge in [0, 0.05) is 24.7 Å². The Morgan fingerprint density at radius 2 is 2.10 bits per heavy atom. The fourth-order valence-electron chi connectivity index (χ4n) is 3.25. The summed E-state index contributed by atoms with van der Waals surface area (Å²) in [6.07, 6.45) is 1.49. The van der Waals surface area contributed by atoms with E-state index < -0.39 is 5.41 Å². The van der Waals surface area contributed by atoms with Gasteiger partial charge in [0.05, 0.1) is 5.41 Å². The Kier molecular flexibility index (Phi) is 3.04. The normalized spacial score (nSPS) is 24.9. The molecule has 1 unspecified atom stereocenters. The van der Waals surface area contributed by atoms with Gasteiger partial charge in [0.25, 0.3) is 0 Å². The molecule has 20 heavy (non-hydrogen) atoms. The first kappa shape index (κ1) is 13.2. The van der Waals surface area contributed by atoms with Crippen LogP contribution in [-0.2, 0) is 16.0 Å². The van der Waals surface area contributed by atoms with E-state index in [0.717, 1.165) is 18.5 Å². The molecule has 2 amide bonds. The average molecular weight is 272 g/mol. The van der Waals surface area contributed by atoms with E-state index in [2.05, 4.69) is 11.4 Å². The molecule has 0 saturated carbocycles. The second-order valence-corrected chi connectivity index (χ2v) is 6.23. The topological polar surface area (TPSA) is 49.4 Å². The van der Waals surface area contributed by atoms with Gasteiger partial charge in [-0.05, 0) is 24.5 Å². The number of rotatable bonds is 1. The highest BCUT2D eigenvalue weighted by Crippen LogP contribution is 2.40. The third kappa shape index (κ3) is 1.99. The van der Waals surface area contributed by atoms with Crippen LogP contribution < -0.4 is 5.32 Å². The molecule has 4 heteroatoms. The molecule has 1 spiro atoms. The number of amides is 2. The number of nitrogens with zero attached hydrogens (tertiary/aromatic N) is 1. The number of para-hydroxylation sites is 1. The molecule has 1 N–H and O–H groups in total. The van der Waals surface area contributed by atoms with Gasteiger partial charge in [-0.25, -0.2) is 0 Å². The molecule has 106 valence electrons. The summed E-state index contributed by atoms with van der Waals surface area (Å²) in [7, 11) is 0. The van der Waals surface area contributed by atoms with E-state index in [9.17, 15) is 9.59 Å². The monoisotopic (exact) mass is 272 g/mol. The van der Waals surface area contributed by atoms with Crippen LogP contribution in [0.5, 0.6) is 0 Å². The minimum atomic E-state index is -0.432. The van der Waals surface area contributed by atoms with Crippen LogP contribution in [-0.4, -0.2) is 29.8 Å². The van der Waals surface area contributed by atoms with E-state index in [1.807, 2.05) is 36.9 Å². The van der Waals surface area contributed by atoms with Crippen molar-refractivity contribution in [1.82, 2.24) is 4.90 Å². The molecule has 1 aromatic rings. The summed E-state index contributed by atoms with van der Waals surface area (Å²) in [6, 6.07) is 7.92. The van der Waals surface area contributed by atoms with Crippen LogP contribution in [0.25, 0.3) is 0 Å². The zero-order chi connectivity index (χ0) is 14.3. The second-order valence-electron chi connectivity index (χ2n) is 6.23. The fourth-order valence-corrected chi connectivity index (χ4v) is 3.25. The lowest BCUT2D eigenvalue weighted by Gasteiger charge is -2.33. The zero-order valence-corrected chi connectivity index (χ0v) is 12.0. The lowest BCUT2D eigenvalue weighted by molar-refractivity contribution is -0.134. The van der Waals surface area contributed by atoms with E-state index in [-0.39, 0.29) is 17.7 Å². The molecule has 2 aliphatic heterocycles. The van der Waals surface area contributed by atoms with E-state index in [4.69, 9.17) is 0 Å². The van der Waals surface area contributed by atoms with Gasteiger partial charge < -0.3 is 10.2 Å². The van der Waals surface area contributed by atoms with Gasteiger partial charge in [-0.1, -0.05) is 32.0 Å². The van der Waals surface area contributed by atoms with Gasteiger partial charge in [-0.2, -0.15) is 0 Å². The number of hydrogen-bond donors (Lipinski definition) is 1. The predicted octanol–water partition coefficient (Wildman–Crippen LogP) is 2.06. The van der Waals surface area contributed by atoms with Crippen molar-refractivity contribution in [1.29, 1.82) is 0 Å². The van der Waals surface area contributed by atoms with Crippen molar-refractivity contribution in [3.8, 4) is 0 Å². The zero-order valence-electron chi connectivity index (χ0n) is 12.0. The van der Waals surface area contributed by atoms with E-state index >= 15 is 0 Å². The van der Waals surface area contributed by atoms with Crippen molar-refractivity contribution in [2.75, 3.05) is 18.4 Å². The number of anilines is 1. The van der Waals surface area contributed by atoms with Crippen LogP contribution in [0.15, 0.2) is 24.3 Å². The summed E-state index contributed by atoms with van der Waals surface area (Å²) in [5, 5.41) is 3.00. The molecule has 0 radical (unpaired) electrons. The van der Waals surface area contributed by atoms with Crippen molar-refractivity contribution >= 4 is 17.5 Å². The summed E-state index contributed by atoms with van der Waals surface area (Å²) in [4.78, 5) is 26.4. The quantitative estimate of drug-likeness (QED) is 0.850. The third-order valence-corrected chi connectivity index (χ3v) is 4.44. The Labute approximate surface area is 119 Å². The number of benzene rings is 1. The standard InChI is InChI=1S/C16H20N2O2/c1-11(2)14(19)18-8-7-16(10-18)9-12-5-3-4-6-13(12)17-15(16)20/h3-6,11H,7-10H2,1-2H3,(H,17,20). The van der Waals surface area contributed by atoms with Crippen LogP contribution in [0.1, 0.15) is 25.8 Å². The Balaban J connectivity index is 1.85. The first-order chi connectivity index (χ1) is 9.52. The molecule has 0 aliphatic carbocycles. The first-order valence-electron chi connectivity index (χ1n) is 7.20. The first-order valence-corrected chi connectivity index (χ1v) is 7.20. The van der Waals surface area contributed by atoms with Gasteiger partial charge in [-0.3, -0.25) is 9.59 Å². The summed E-state index contributed by atoms with van der Waals surface area (Å²) in [5.41, 5.74) is 1.65. The summed E-state index contributed by atoms with van der Waals surface area (Å²) in [5.74, 6) is 0.202. The van der Waals surface area contributed by atoms with Crippen LogP contribution in [0.3, 0.4) is 0 Å². The van der Waals surface area contributed by atoms with E-state index in [0.29, 0.717) is 13.1 Å². The number of carbonyl (C=O) groups excluding carboxylic acids is 2. The van der Waals surface area contributed by atoms with Gasteiger partial charge >= 0.3 is 0 Å². The summed E-state index contributed by atoms with van der Waals surface area (Å²) in [6.45, 7) is 5.05. The van der Waals surface area contributed by atoms with Crippen LogP contribution in [0.2, 0.25) is 0 Å². The SMILES string of the molecule is CC(C)C(=O)N1CCC2(Cc3ccccc3NC2=O)C1. The minimum absolute atomic E-state index is 0.0101. The molecule has 4 nitrogen and oxygen atoms in total. The van der Waals surface area contributed by atoms with Crippen molar-refractivity contribution in [2.24, 2.45) is 11.3 Å². The van der Waals surface area contributed by atoms with Crippen molar-refractivity contribution in [3.05, 3.63) is 29.8 Å². The molecular formula is C16H20N2O2. The Bertz CT molecular complexity index is 567. The Morgan fingerprint density at radius 1 is 1.35 bits per heavy atom. The van der Waals surface area contributed by atoms with Gasteiger partial charge in [0.15, 0.2) is 0 Å². The fraction of sp³-hybridized carbons (Fsp3) is 0.500. The summed E-state index contributed by atoms with van der Waals surface area (Å²) >= 11 is 0. The summed E-state index contributed by atoms with van der Waals surface area (Å²) < 4.78 is 0. The minimum Gasteiger partial charge on any atom is -0.341 e. The second kappa shape index (κ2) is 4.62. The molecule has 3 rings (SSSR count). The van der Waals surface area contributed by atoms with Gasteiger partial charge in [0.2, 0.25) is 11.8 Å². The predicted molar refractivity (Wildman–Crippen MR) is 77.2 cm³/mol. The average Bonchev–Trinajstić information content (AvgIpc) is 2.84. The lowest BCUT2D eigenvalue weighted by Crippen LogP contribution is -2.45. The molecule has 2 aliphatic rings. The maximum absolute atomic E-state index is 12.5. The van der Waals surface area contributed by atoms with Crippen LogP contribution >= 0.6 is 0 Å². The Morgan fingerprint density at radius 3 is 2.85 bits per heavy atom. The third-order valence-electron chi connectivity index (χ3n) is 4.44. The molecule has 2 heterocycles. The lowest BCUT2D eigenvalue weighted by atomic mass is 9.77. The maximum atomic E-state index is 12.5. The molecule has 0 bridgehead atoms. The van der Waals surface area contributed by atoms with Crippen LogP contribution in [0.4, 0.5) is 5.69 Å². The highest BCUT2D eigenvalue weighted by molar-refractivity contribution is 5.99. The van der Waals surface area contributed by atoms with Gasteiger partial charge in [0.1, 0.15) is 0 Å². The molecule has 0 aromatic heterocycles.